The number of benzene rings is 11. The molecule has 0 saturated carbocycles. The van der Waals surface area contributed by atoms with E-state index in [1.807, 2.05) is 0 Å². The summed E-state index contributed by atoms with van der Waals surface area (Å²) in [6.45, 7) is 4.72. The molecule has 67 heavy (non-hydrogen) atoms. The van der Waals surface area contributed by atoms with E-state index in [1.54, 1.807) is 0 Å². The van der Waals surface area contributed by atoms with Crippen LogP contribution in [-0.2, 0) is 5.41 Å². The van der Waals surface area contributed by atoms with E-state index in [2.05, 4.69) is 266 Å². The number of hydrogen-bond donors (Lipinski definition) is 0. The van der Waals surface area contributed by atoms with Gasteiger partial charge in [-0.05, 0) is 145 Å². The Kier molecular flexibility index (Phi) is 8.91. The maximum absolute atomic E-state index is 2.44. The van der Waals surface area contributed by atoms with Gasteiger partial charge in [0, 0.05) is 38.6 Å². The Balaban J connectivity index is 0.915. The summed E-state index contributed by atoms with van der Waals surface area (Å²) in [7, 11) is 0. The molecule has 0 saturated heterocycles. The first kappa shape index (κ1) is 39.0. The lowest BCUT2D eigenvalue weighted by Crippen LogP contribution is -2.16. The van der Waals surface area contributed by atoms with Gasteiger partial charge in [-0.1, -0.05) is 184 Å². The lowest BCUT2D eigenvalue weighted by molar-refractivity contribution is 0.660. The zero-order valence-electron chi connectivity index (χ0n) is 37.5. The van der Waals surface area contributed by atoms with E-state index in [0.29, 0.717) is 0 Å². The van der Waals surface area contributed by atoms with Crippen molar-refractivity contribution in [1.29, 1.82) is 0 Å². The lowest BCUT2D eigenvalue weighted by Gasteiger charge is -2.29. The van der Waals surface area contributed by atoms with Gasteiger partial charge in [0.2, 0.25) is 0 Å². The molecule has 2 heteroatoms. The fourth-order valence-electron chi connectivity index (χ4n) is 11.0. The van der Waals surface area contributed by atoms with Crippen LogP contribution in [0.3, 0.4) is 0 Å². The molecule has 1 aromatic heterocycles. The van der Waals surface area contributed by atoms with E-state index in [1.165, 1.54) is 105 Å². The summed E-state index contributed by atoms with van der Waals surface area (Å²) < 4.78 is 2.43. The van der Waals surface area contributed by atoms with Gasteiger partial charge >= 0.3 is 0 Å². The Morgan fingerprint density at radius 1 is 0.313 bits per heavy atom. The molecule has 0 atom stereocenters. The van der Waals surface area contributed by atoms with Crippen LogP contribution in [-0.4, -0.2) is 4.57 Å². The average Bonchev–Trinajstić information content (AvgIpc) is 3.83. The van der Waals surface area contributed by atoms with Gasteiger partial charge in [0.25, 0.3) is 0 Å². The summed E-state index contributed by atoms with van der Waals surface area (Å²) in [5.41, 5.74) is 19.4. The van der Waals surface area contributed by atoms with Crippen LogP contribution in [0.5, 0.6) is 0 Å². The highest BCUT2D eigenvalue weighted by Gasteiger charge is 2.35. The third-order valence-electron chi connectivity index (χ3n) is 14.3. The number of aromatic nitrogens is 1. The number of hydrogen-bond acceptors (Lipinski definition) is 1. The first-order valence-corrected chi connectivity index (χ1v) is 23.3. The second kappa shape index (κ2) is 15.3. The van der Waals surface area contributed by atoms with E-state index >= 15 is 0 Å². The van der Waals surface area contributed by atoms with Crippen LogP contribution in [0.25, 0.3) is 93.5 Å². The molecule has 1 aliphatic carbocycles. The van der Waals surface area contributed by atoms with Crippen LogP contribution in [0.4, 0.5) is 17.1 Å². The number of nitrogens with zero attached hydrogens (tertiary/aromatic N) is 2. The van der Waals surface area contributed by atoms with Crippen LogP contribution in [0.1, 0.15) is 25.0 Å². The Bertz CT molecular complexity index is 3900. The molecule has 12 aromatic rings. The van der Waals surface area contributed by atoms with Crippen LogP contribution in [0.2, 0.25) is 0 Å². The minimum absolute atomic E-state index is 0.124. The zero-order chi connectivity index (χ0) is 44.6. The highest BCUT2D eigenvalue weighted by molar-refractivity contribution is 6.12. The molecule has 2 nitrogen and oxygen atoms in total. The first-order valence-electron chi connectivity index (χ1n) is 23.3. The van der Waals surface area contributed by atoms with E-state index < -0.39 is 0 Å². The van der Waals surface area contributed by atoms with Crippen molar-refractivity contribution in [3.05, 3.63) is 254 Å². The number of rotatable bonds is 7. The minimum Gasteiger partial charge on any atom is -0.310 e. The van der Waals surface area contributed by atoms with Gasteiger partial charge in [0.05, 0.1) is 16.7 Å². The van der Waals surface area contributed by atoms with Crippen LogP contribution in [0.15, 0.2) is 243 Å². The van der Waals surface area contributed by atoms with Crippen LogP contribution >= 0.6 is 0 Å². The zero-order valence-corrected chi connectivity index (χ0v) is 37.5. The van der Waals surface area contributed by atoms with Crippen molar-refractivity contribution in [2.24, 2.45) is 0 Å². The topological polar surface area (TPSA) is 8.17 Å². The predicted octanol–water partition coefficient (Wildman–Crippen LogP) is 17.9. The molecule has 316 valence electrons. The molecule has 0 amide bonds. The van der Waals surface area contributed by atoms with Crippen molar-refractivity contribution in [3.8, 4) is 50.2 Å². The highest BCUT2D eigenvalue weighted by Crippen LogP contribution is 2.51. The van der Waals surface area contributed by atoms with Gasteiger partial charge in [-0.3, -0.25) is 0 Å². The molecule has 1 aliphatic rings. The Morgan fingerprint density at radius 3 is 1.76 bits per heavy atom. The van der Waals surface area contributed by atoms with Gasteiger partial charge in [-0.15, -0.1) is 0 Å². The largest absolute Gasteiger partial charge is 0.310 e. The van der Waals surface area contributed by atoms with Crippen molar-refractivity contribution < 1.29 is 0 Å². The predicted molar refractivity (Wildman–Crippen MR) is 284 cm³/mol. The second-order valence-corrected chi connectivity index (χ2v) is 18.6. The van der Waals surface area contributed by atoms with Gasteiger partial charge < -0.3 is 9.47 Å². The van der Waals surface area contributed by atoms with E-state index in [4.69, 9.17) is 0 Å². The third-order valence-corrected chi connectivity index (χ3v) is 14.3. The summed E-state index contributed by atoms with van der Waals surface area (Å²) in [5, 5.41) is 7.41. The minimum atomic E-state index is -0.124. The summed E-state index contributed by atoms with van der Waals surface area (Å²) in [6, 6.07) is 89.5. The summed E-state index contributed by atoms with van der Waals surface area (Å²) >= 11 is 0. The Labute approximate surface area is 391 Å². The standard InChI is InChI=1S/C65H46N2/c1-65(2)60-26-10-8-24-56(60)57-35-34-54(42-61(57)65)66(53-33-31-49-38-48(29-30-50(49)40-53)43-15-4-3-5-16-43)52-22-13-21-47(39-52)45-19-12-20-46(37-45)51-32-36-64-59(41-51)58-25-9-11-27-63(58)67(64)62-28-14-18-44-17-6-7-23-55(44)62/h3-42H,1-2H3. The van der Waals surface area contributed by atoms with Gasteiger partial charge in [-0.25, -0.2) is 0 Å². The van der Waals surface area contributed by atoms with Gasteiger partial charge in [0.1, 0.15) is 0 Å². The number of para-hydroxylation sites is 1. The van der Waals surface area contributed by atoms with E-state index in [-0.39, 0.29) is 5.41 Å². The molecule has 0 unspecified atom stereocenters. The van der Waals surface area contributed by atoms with Crippen molar-refractivity contribution >= 4 is 60.4 Å². The van der Waals surface area contributed by atoms with Crippen molar-refractivity contribution in [2.75, 3.05) is 4.90 Å². The summed E-state index contributed by atoms with van der Waals surface area (Å²) in [4.78, 5) is 2.44. The normalized spacial score (nSPS) is 12.7. The lowest BCUT2D eigenvalue weighted by atomic mass is 9.82. The molecule has 0 radical (unpaired) electrons. The van der Waals surface area contributed by atoms with Gasteiger partial charge in [0.15, 0.2) is 0 Å². The SMILES string of the molecule is CC1(C)c2ccccc2-c2ccc(N(c3cccc(-c4cccc(-c5ccc6c(c5)c5ccccc5n6-c5cccc6ccccc56)c4)c3)c3ccc4cc(-c5ccccc5)ccc4c3)cc21. The molecule has 11 aromatic carbocycles. The molecule has 0 aliphatic heterocycles. The fraction of sp³-hybridized carbons (Fsp3) is 0.0462. The summed E-state index contributed by atoms with van der Waals surface area (Å²) in [6.07, 6.45) is 0. The maximum atomic E-state index is 2.44. The monoisotopic (exact) mass is 854 g/mol. The van der Waals surface area contributed by atoms with Crippen molar-refractivity contribution in [3.63, 3.8) is 0 Å². The molecule has 0 bridgehead atoms. The fourth-order valence-corrected chi connectivity index (χ4v) is 11.0. The molecular formula is C65H46N2. The van der Waals surface area contributed by atoms with Crippen LogP contribution < -0.4 is 4.90 Å². The molecular weight excluding hydrogens is 809 g/mol. The quantitative estimate of drug-likeness (QED) is 0.155. The molecule has 0 spiro atoms. The van der Waals surface area contributed by atoms with Gasteiger partial charge in [-0.2, -0.15) is 0 Å². The third kappa shape index (κ3) is 6.40. The van der Waals surface area contributed by atoms with Crippen molar-refractivity contribution in [2.45, 2.75) is 19.3 Å². The molecule has 13 rings (SSSR count). The molecule has 0 N–H and O–H groups in total. The Morgan fingerprint density at radius 2 is 0.881 bits per heavy atom. The average molecular weight is 855 g/mol. The van der Waals surface area contributed by atoms with E-state index in [9.17, 15) is 0 Å². The van der Waals surface area contributed by atoms with Crippen molar-refractivity contribution in [1.82, 2.24) is 4.57 Å². The Hall–Kier alpha value is -8.46. The second-order valence-electron chi connectivity index (χ2n) is 18.6. The summed E-state index contributed by atoms with van der Waals surface area (Å²) in [5.74, 6) is 0. The first-order chi connectivity index (χ1) is 33.0. The molecule has 0 fully saturated rings. The highest BCUT2D eigenvalue weighted by atomic mass is 15.1. The van der Waals surface area contributed by atoms with E-state index in [0.717, 1.165) is 17.1 Å². The smallest absolute Gasteiger partial charge is 0.0541 e. The number of fused-ring (bicyclic) bond motifs is 8. The molecule has 1 heterocycles. The number of anilines is 3. The maximum Gasteiger partial charge on any atom is 0.0541 e. The van der Waals surface area contributed by atoms with Crippen LogP contribution in [0, 0.1) is 0 Å².